The molecular weight excluding hydrogens is 311 g/mol. The fraction of sp³-hybridized carbons (Fsp3) is 0.500. The quantitative estimate of drug-likeness (QED) is 0.875. The van der Waals surface area contributed by atoms with Crippen molar-refractivity contribution in [2.45, 2.75) is 26.7 Å². The first kappa shape index (κ1) is 14.5. The van der Waals surface area contributed by atoms with Gasteiger partial charge in [-0.25, -0.2) is 4.39 Å². The second-order valence-electron chi connectivity index (χ2n) is 5.38. The first-order valence-corrected chi connectivity index (χ1v) is 7.19. The highest BCUT2D eigenvalue weighted by Gasteiger charge is 2.34. The summed E-state index contributed by atoms with van der Waals surface area (Å²) >= 11 is 3.14. The first-order chi connectivity index (χ1) is 8.92. The van der Waals surface area contributed by atoms with Crippen LogP contribution < -0.4 is 10.6 Å². The lowest BCUT2D eigenvalue weighted by molar-refractivity contribution is -0.125. The standard InChI is InChI=1S/C14H18BrFN2O/c1-9-6-11(16)10(15)7-12(9)18-13(19)14(2)4-3-5-17-8-14/h6-7,17H,3-5,8H2,1-2H3,(H,18,19). The molecule has 1 atom stereocenters. The number of hydrogen-bond acceptors (Lipinski definition) is 2. The Labute approximate surface area is 121 Å². The van der Waals surface area contributed by atoms with Crippen molar-refractivity contribution in [1.82, 2.24) is 5.32 Å². The van der Waals surface area contributed by atoms with Gasteiger partial charge in [0.15, 0.2) is 0 Å². The van der Waals surface area contributed by atoms with Crippen LogP contribution in [-0.4, -0.2) is 19.0 Å². The predicted molar refractivity (Wildman–Crippen MR) is 77.7 cm³/mol. The Morgan fingerprint density at radius 2 is 2.26 bits per heavy atom. The molecule has 0 bridgehead atoms. The number of nitrogens with one attached hydrogen (secondary N) is 2. The third kappa shape index (κ3) is 3.15. The second-order valence-corrected chi connectivity index (χ2v) is 6.23. The SMILES string of the molecule is Cc1cc(F)c(Br)cc1NC(=O)C1(C)CCCNC1. The van der Waals surface area contributed by atoms with Crippen molar-refractivity contribution in [2.75, 3.05) is 18.4 Å². The number of benzene rings is 1. The smallest absolute Gasteiger partial charge is 0.231 e. The van der Waals surface area contributed by atoms with Crippen molar-refractivity contribution in [3.05, 3.63) is 28.0 Å². The minimum Gasteiger partial charge on any atom is -0.325 e. The average molecular weight is 329 g/mol. The molecule has 0 spiro atoms. The third-order valence-electron chi connectivity index (χ3n) is 3.66. The molecule has 1 aliphatic heterocycles. The summed E-state index contributed by atoms with van der Waals surface area (Å²) in [6.45, 7) is 5.39. The van der Waals surface area contributed by atoms with E-state index >= 15 is 0 Å². The van der Waals surface area contributed by atoms with E-state index in [0.717, 1.165) is 24.9 Å². The van der Waals surface area contributed by atoms with Gasteiger partial charge < -0.3 is 10.6 Å². The van der Waals surface area contributed by atoms with Crippen molar-refractivity contribution in [3.8, 4) is 0 Å². The number of carbonyl (C=O) groups excluding carboxylic acids is 1. The van der Waals surface area contributed by atoms with Crippen LogP contribution in [-0.2, 0) is 4.79 Å². The minimum absolute atomic E-state index is 0.0127. The Balaban J connectivity index is 2.16. The topological polar surface area (TPSA) is 41.1 Å². The highest BCUT2D eigenvalue weighted by Crippen LogP contribution is 2.29. The maximum atomic E-state index is 13.4. The van der Waals surface area contributed by atoms with Crippen LogP contribution in [0.4, 0.5) is 10.1 Å². The molecular formula is C14H18BrFN2O. The van der Waals surface area contributed by atoms with E-state index in [-0.39, 0.29) is 11.7 Å². The van der Waals surface area contributed by atoms with Crippen LogP contribution in [0.5, 0.6) is 0 Å². The molecule has 3 nitrogen and oxygen atoms in total. The number of halogens is 2. The number of carbonyl (C=O) groups is 1. The van der Waals surface area contributed by atoms with Crippen molar-refractivity contribution in [3.63, 3.8) is 0 Å². The van der Waals surface area contributed by atoms with Crippen molar-refractivity contribution in [2.24, 2.45) is 5.41 Å². The average Bonchev–Trinajstić information content (AvgIpc) is 2.36. The van der Waals surface area contributed by atoms with E-state index in [1.165, 1.54) is 6.07 Å². The fourth-order valence-corrected chi connectivity index (χ4v) is 2.65. The van der Waals surface area contributed by atoms with Gasteiger partial charge in [0.05, 0.1) is 9.89 Å². The number of anilines is 1. The van der Waals surface area contributed by atoms with Crippen LogP contribution in [0.25, 0.3) is 0 Å². The molecule has 1 aromatic rings. The number of piperidine rings is 1. The van der Waals surface area contributed by atoms with Gasteiger partial charge in [-0.2, -0.15) is 0 Å². The highest BCUT2D eigenvalue weighted by molar-refractivity contribution is 9.10. The van der Waals surface area contributed by atoms with Gasteiger partial charge in [0, 0.05) is 12.2 Å². The van der Waals surface area contributed by atoms with Gasteiger partial charge in [-0.1, -0.05) is 0 Å². The van der Waals surface area contributed by atoms with E-state index in [0.29, 0.717) is 16.7 Å². The van der Waals surface area contributed by atoms with Crippen LogP contribution in [0, 0.1) is 18.2 Å². The van der Waals surface area contributed by atoms with Gasteiger partial charge in [0.25, 0.3) is 0 Å². The Kier molecular flexibility index (Phi) is 4.26. The van der Waals surface area contributed by atoms with Crippen LogP contribution in [0.15, 0.2) is 16.6 Å². The van der Waals surface area contributed by atoms with Crippen molar-refractivity contribution < 1.29 is 9.18 Å². The molecule has 0 radical (unpaired) electrons. The van der Waals surface area contributed by atoms with Crippen molar-refractivity contribution in [1.29, 1.82) is 0 Å². The summed E-state index contributed by atoms with van der Waals surface area (Å²) in [5.41, 5.74) is 0.984. The summed E-state index contributed by atoms with van der Waals surface area (Å²) in [6, 6.07) is 3.03. The van der Waals surface area contributed by atoms with Gasteiger partial charge in [0.1, 0.15) is 5.82 Å². The number of amides is 1. The van der Waals surface area contributed by atoms with Gasteiger partial charge in [-0.05, 0) is 66.9 Å². The second kappa shape index (κ2) is 5.59. The molecule has 2 rings (SSSR count). The molecule has 1 fully saturated rings. The lowest BCUT2D eigenvalue weighted by Crippen LogP contribution is -2.46. The monoisotopic (exact) mass is 328 g/mol. The van der Waals surface area contributed by atoms with Crippen LogP contribution in [0.2, 0.25) is 0 Å². The highest BCUT2D eigenvalue weighted by atomic mass is 79.9. The molecule has 104 valence electrons. The molecule has 1 amide bonds. The third-order valence-corrected chi connectivity index (χ3v) is 4.27. The molecule has 1 aliphatic rings. The van der Waals surface area contributed by atoms with Gasteiger partial charge >= 0.3 is 0 Å². The zero-order chi connectivity index (χ0) is 14.0. The Hall–Kier alpha value is -0.940. The lowest BCUT2D eigenvalue weighted by Gasteiger charge is -2.32. The first-order valence-electron chi connectivity index (χ1n) is 6.40. The Morgan fingerprint density at radius 3 is 2.89 bits per heavy atom. The van der Waals surface area contributed by atoms with Crippen molar-refractivity contribution >= 4 is 27.5 Å². The summed E-state index contributed by atoms with van der Waals surface area (Å²) in [7, 11) is 0. The van der Waals surface area contributed by atoms with Gasteiger partial charge in [-0.3, -0.25) is 4.79 Å². The Morgan fingerprint density at radius 1 is 1.53 bits per heavy atom. The Bertz CT molecular complexity index is 498. The molecule has 0 aliphatic carbocycles. The number of aryl methyl sites for hydroxylation is 1. The molecule has 5 heteroatoms. The van der Waals surface area contributed by atoms with E-state index in [9.17, 15) is 9.18 Å². The van der Waals surface area contributed by atoms with Crippen LogP contribution in [0.1, 0.15) is 25.3 Å². The van der Waals surface area contributed by atoms with Gasteiger partial charge in [-0.15, -0.1) is 0 Å². The van der Waals surface area contributed by atoms with Gasteiger partial charge in [0.2, 0.25) is 5.91 Å². The molecule has 0 saturated carbocycles. The molecule has 0 aromatic heterocycles. The van der Waals surface area contributed by atoms with Crippen LogP contribution in [0.3, 0.4) is 0 Å². The molecule has 1 aromatic carbocycles. The summed E-state index contributed by atoms with van der Waals surface area (Å²) < 4.78 is 13.7. The fourth-order valence-electron chi connectivity index (χ4n) is 2.30. The van der Waals surface area contributed by atoms with E-state index in [1.54, 1.807) is 13.0 Å². The zero-order valence-electron chi connectivity index (χ0n) is 11.1. The zero-order valence-corrected chi connectivity index (χ0v) is 12.7. The molecule has 19 heavy (non-hydrogen) atoms. The number of rotatable bonds is 2. The largest absolute Gasteiger partial charge is 0.325 e. The predicted octanol–water partition coefficient (Wildman–Crippen LogP) is 3.22. The maximum Gasteiger partial charge on any atom is 0.231 e. The normalized spacial score (nSPS) is 23.2. The van der Waals surface area contributed by atoms with E-state index < -0.39 is 5.41 Å². The molecule has 2 N–H and O–H groups in total. The van der Waals surface area contributed by atoms with Crippen LogP contribution >= 0.6 is 15.9 Å². The molecule has 1 unspecified atom stereocenters. The summed E-state index contributed by atoms with van der Waals surface area (Å²) in [5.74, 6) is -0.331. The minimum atomic E-state index is -0.397. The summed E-state index contributed by atoms with van der Waals surface area (Å²) in [6.07, 6.45) is 1.86. The number of hydrogen-bond donors (Lipinski definition) is 2. The van der Waals surface area contributed by atoms with E-state index in [1.807, 2.05) is 6.92 Å². The maximum absolute atomic E-state index is 13.4. The summed E-state index contributed by atoms with van der Waals surface area (Å²) in [4.78, 5) is 12.4. The molecule has 1 heterocycles. The summed E-state index contributed by atoms with van der Waals surface area (Å²) in [5, 5.41) is 6.16. The van der Waals surface area contributed by atoms with E-state index in [2.05, 4.69) is 26.6 Å². The van der Waals surface area contributed by atoms with E-state index in [4.69, 9.17) is 0 Å². The molecule has 1 saturated heterocycles. The lowest BCUT2D eigenvalue weighted by atomic mass is 9.82.